The van der Waals surface area contributed by atoms with Gasteiger partial charge in [0.15, 0.2) is 11.5 Å². The highest BCUT2D eigenvalue weighted by atomic mass is 32.2. The Labute approximate surface area is 151 Å². The fourth-order valence-corrected chi connectivity index (χ4v) is 4.42. The van der Waals surface area contributed by atoms with Crippen LogP contribution in [-0.2, 0) is 19.4 Å². The van der Waals surface area contributed by atoms with Gasteiger partial charge in [-0.05, 0) is 31.2 Å². The highest BCUT2D eigenvalue weighted by Crippen LogP contribution is 2.32. The van der Waals surface area contributed by atoms with E-state index in [4.69, 9.17) is 4.74 Å². The van der Waals surface area contributed by atoms with Gasteiger partial charge in [-0.1, -0.05) is 36.4 Å². The smallest absolute Gasteiger partial charge is 0.258 e. The van der Waals surface area contributed by atoms with Gasteiger partial charge in [0.1, 0.15) is 11.8 Å². The quantitative estimate of drug-likeness (QED) is 0.731. The summed E-state index contributed by atoms with van der Waals surface area (Å²) in [5.41, 5.74) is 0. The number of carbonyl (C=O) groups excluding carboxylic acids is 2. The van der Waals surface area contributed by atoms with Crippen molar-refractivity contribution in [3.05, 3.63) is 60.7 Å². The van der Waals surface area contributed by atoms with E-state index in [-0.39, 0.29) is 11.5 Å². The number of para-hydroxylation sites is 1. The molecule has 1 aliphatic rings. The Kier molecular flexibility index (Phi) is 4.69. The lowest BCUT2D eigenvalue weighted by atomic mass is 10.00. The zero-order valence-corrected chi connectivity index (χ0v) is 14.8. The van der Waals surface area contributed by atoms with Gasteiger partial charge >= 0.3 is 0 Å². The summed E-state index contributed by atoms with van der Waals surface area (Å²) in [4.78, 5) is 22.5. The molecule has 0 bridgehead atoms. The summed E-state index contributed by atoms with van der Waals surface area (Å²) in [7, 11) is -3.88. The van der Waals surface area contributed by atoms with E-state index in [0.29, 0.717) is 5.75 Å². The number of ether oxygens (including phenoxy) is 1. The van der Waals surface area contributed by atoms with Crippen LogP contribution in [0.3, 0.4) is 0 Å². The minimum atomic E-state index is -3.88. The molecule has 2 aromatic carbocycles. The molecule has 2 amide bonds. The van der Waals surface area contributed by atoms with Crippen molar-refractivity contribution in [3.8, 4) is 5.75 Å². The van der Waals surface area contributed by atoms with E-state index in [0.717, 1.165) is 0 Å². The predicted molar refractivity (Wildman–Crippen MR) is 94.0 cm³/mol. The monoisotopic (exact) mass is 374 g/mol. The normalized spacial score (nSPS) is 22.0. The molecule has 2 atom stereocenters. The second-order valence-corrected chi connectivity index (χ2v) is 8.34. The van der Waals surface area contributed by atoms with E-state index in [1.807, 2.05) is 6.07 Å². The molecule has 1 saturated heterocycles. The number of hydrogen-bond donors (Lipinski definition) is 2. The molecule has 3 rings (SSSR count). The van der Waals surface area contributed by atoms with Crippen LogP contribution in [0.25, 0.3) is 0 Å². The molecule has 1 heterocycles. The Balaban J connectivity index is 1.71. The summed E-state index contributed by atoms with van der Waals surface area (Å²) < 4.78 is 31.0. The Morgan fingerprint density at radius 3 is 2.27 bits per heavy atom. The van der Waals surface area contributed by atoms with Crippen LogP contribution in [-0.4, -0.2) is 37.8 Å². The van der Waals surface area contributed by atoms with Crippen molar-refractivity contribution in [1.29, 1.82) is 0 Å². The van der Waals surface area contributed by atoms with Gasteiger partial charge in [0.25, 0.3) is 5.91 Å². The third-order valence-electron chi connectivity index (χ3n) is 4.21. The first kappa shape index (κ1) is 17.9. The Morgan fingerprint density at radius 1 is 1.12 bits per heavy atom. The van der Waals surface area contributed by atoms with Crippen LogP contribution in [0, 0.1) is 0 Å². The van der Waals surface area contributed by atoms with Gasteiger partial charge in [-0.25, -0.2) is 8.42 Å². The number of amides is 2. The van der Waals surface area contributed by atoms with Crippen molar-refractivity contribution in [2.75, 3.05) is 6.61 Å². The zero-order chi connectivity index (χ0) is 18.8. The van der Waals surface area contributed by atoms with Crippen molar-refractivity contribution < 1.29 is 22.7 Å². The number of benzene rings is 2. The predicted octanol–water partition coefficient (Wildman–Crippen LogP) is 0.870. The summed E-state index contributed by atoms with van der Waals surface area (Å²) in [5.74, 6) is -0.636. The van der Waals surface area contributed by atoms with Crippen LogP contribution < -0.4 is 15.4 Å². The molecule has 1 fully saturated rings. The van der Waals surface area contributed by atoms with Crippen LogP contribution in [0.5, 0.6) is 5.75 Å². The molecule has 2 N–H and O–H groups in total. The van der Waals surface area contributed by atoms with Crippen molar-refractivity contribution in [2.45, 2.75) is 22.7 Å². The fourth-order valence-electron chi connectivity index (χ4n) is 2.70. The summed E-state index contributed by atoms with van der Waals surface area (Å²) in [6.07, 6.45) is 0. The number of nitrogens with one attached hydrogen (secondary N) is 2. The van der Waals surface area contributed by atoms with Gasteiger partial charge in [0.2, 0.25) is 15.7 Å². The molecule has 0 saturated carbocycles. The van der Waals surface area contributed by atoms with Crippen LogP contribution in [0.2, 0.25) is 0 Å². The summed E-state index contributed by atoms with van der Waals surface area (Å²) in [5, 5.41) is 4.85. The van der Waals surface area contributed by atoms with Crippen molar-refractivity contribution in [1.82, 2.24) is 10.6 Å². The molecule has 2 aromatic rings. The summed E-state index contributed by atoms with van der Waals surface area (Å²) in [6, 6.07) is 15.3. The van der Waals surface area contributed by atoms with Crippen molar-refractivity contribution >= 4 is 21.7 Å². The molecule has 7 nitrogen and oxygen atoms in total. The highest BCUT2D eigenvalue weighted by Gasteiger charge is 2.60. The molecular formula is C18H18N2O5S. The number of β-lactam (4-membered cyclic amide) rings is 1. The van der Waals surface area contributed by atoms with Crippen molar-refractivity contribution in [3.63, 3.8) is 0 Å². The lowest BCUT2D eigenvalue weighted by Gasteiger charge is -2.45. The third kappa shape index (κ3) is 3.15. The second kappa shape index (κ2) is 6.80. The topological polar surface area (TPSA) is 102 Å². The van der Waals surface area contributed by atoms with E-state index >= 15 is 0 Å². The average molecular weight is 374 g/mol. The van der Waals surface area contributed by atoms with Gasteiger partial charge in [0, 0.05) is 0 Å². The van der Waals surface area contributed by atoms with E-state index in [2.05, 4.69) is 10.6 Å². The maximum absolute atomic E-state index is 12.9. The van der Waals surface area contributed by atoms with E-state index in [9.17, 15) is 18.0 Å². The lowest BCUT2D eigenvalue weighted by molar-refractivity contribution is -0.138. The van der Waals surface area contributed by atoms with Gasteiger partial charge in [-0.2, -0.15) is 0 Å². The Morgan fingerprint density at radius 2 is 1.69 bits per heavy atom. The first-order chi connectivity index (χ1) is 12.3. The van der Waals surface area contributed by atoms with Gasteiger partial charge in [0.05, 0.1) is 4.90 Å². The molecule has 0 radical (unpaired) electrons. The highest BCUT2D eigenvalue weighted by molar-refractivity contribution is 7.93. The number of sulfone groups is 1. The lowest BCUT2D eigenvalue weighted by Crippen LogP contribution is -2.79. The standard InChI is InChI=1S/C18H18N2O5S/c1-18(26(23,24)14-10-6-3-7-11-14)16(17(22)20-18)19-15(21)12-25-13-8-4-2-5-9-13/h2-11,16H,12H2,1H3,(H,19,21)(H,20,22)/t16-,18+/m1/s1. The maximum Gasteiger partial charge on any atom is 0.258 e. The molecule has 1 aliphatic heterocycles. The first-order valence-corrected chi connectivity index (χ1v) is 9.42. The molecular weight excluding hydrogens is 356 g/mol. The fraction of sp³-hybridized carbons (Fsp3) is 0.222. The summed E-state index contributed by atoms with van der Waals surface area (Å²) >= 11 is 0. The zero-order valence-electron chi connectivity index (χ0n) is 14.0. The van der Waals surface area contributed by atoms with Crippen LogP contribution in [0.15, 0.2) is 65.6 Å². The molecule has 26 heavy (non-hydrogen) atoms. The molecule has 0 aromatic heterocycles. The van der Waals surface area contributed by atoms with E-state index in [1.54, 1.807) is 42.5 Å². The third-order valence-corrected chi connectivity index (χ3v) is 6.56. The molecule has 8 heteroatoms. The van der Waals surface area contributed by atoms with Crippen LogP contribution in [0.1, 0.15) is 6.92 Å². The number of hydrogen-bond acceptors (Lipinski definition) is 5. The molecule has 136 valence electrons. The van der Waals surface area contributed by atoms with Gasteiger partial charge in [-0.15, -0.1) is 0 Å². The molecule has 0 unspecified atom stereocenters. The summed E-state index contributed by atoms with van der Waals surface area (Å²) in [6.45, 7) is 1.05. The van der Waals surface area contributed by atoms with Crippen LogP contribution in [0.4, 0.5) is 0 Å². The van der Waals surface area contributed by atoms with E-state index in [1.165, 1.54) is 19.1 Å². The van der Waals surface area contributed by atoms with Gasteiger partial charge < -0.3 is 15.4 Å². The largest absolute Gasteiger partial charge is 0.484 e. The SMILES string of the molecule is C[C@@]1(S(=O)(=O)c2ccccc2)NC(=O)[C@H]1NC(=O)COc1ccccc1. The first-order valence-electron chi connectivity index (χ1n) is 7.93. The van der Waals surface area contributed by atoms with Crippen molar-refractivity contribution in [2.24, 2.45) is 0 Å². The second-order valence-electron chi connectivity index (χ2n) is 6.02. The maximum atomic E-state index is 12.9. The van der Waals surface area contributed by atoms with Crippen LogP contribution >= 0.6 is 0 Å². The minimum absolute atomic E-state index is 0.0716. The molecule has 0 aliphatic carbocycles. The molecule has 0 spiro atoms. The Bertz CT molecular complexity index is 915. The number of rotatable bonds is 6. The van der Waals surface area contributed by atoms with Gasteiger partial charge in [-0.3, -0.25) is 9.59 Å². The number of carbonyl (C=O) groups is 2. The average Bonchev–Trinajstić information content (AvgIpc) is 2.66. The Hall–Kier alpha value is -2.87. The van der Waals surface area contributed by atoms with E-state index < -0.39 is 32.6 Å². The minimum Gasteiger partial charge on any atom is -0.484 e.